The van der Waals surface area contributed by atoms with E-state index in [-0.39, 0.29) is 6.04 Å². The molecule has 0 aliphatic heterocycles. The molecular weight excluding hydrogens is 257 g/mol. The van der Waals surface area contributed by atoms with E-state index in [2.05, 4.69) is 5.32 Å². The molecule has 0 amide bonds. The van der Waals surface area contributed by atoms with Crippen LogP contribution in [0.4, 0.5) is 0 Å². The number of halogens is 2. The van der Waals surface area contributed by atoms with Gasteiger partial charge in [-0.15, -0.1) is 0 Å². The van der Waals surface area contributed by atoms with Crippen molar-refractivity contribution in [2.75, 3.05) is 6.54 Å². The lowest BCUT2D eigenvalue weighted by Gasteiger charge is -2.17. The van der Waals surface area contributed by atoms with Gasteiger partial charge in [-0.3, -0.25) is 0 Å². The SMILES string of the molecule is CCNC(c1cccc(Cl)c1)c1ccoc1Cl. The van der Waals surface area contributed by atoms with Crippen molar-refractivity contribution in [1.82, 2.24) is 5.32 Å². The number of benzene rings is 1. The Kier molecular flexibility index (Phi) is 4.11. The zero-order valence-electron chi connectivity index (χ0n) is 9.41. The van der Waals surface area contributed by atoms with Crippen molar-refractivity contribution in [3.05, 3.63) is 58.0 Å². The molecule has 0 bridgehead atoms. The highest BCUT2D eigenvalue weighted by Crippen LogP contribution is 2.30. The van der Waals surface area contributed by atoms with Crippen LogP contribution in [0.2, 0.25) is 10.2 Å². The van der Waals surface area contributed by atoms with E-state index in [0.29, 0.717) is 10.2 Å². The predicted molar refractivity (Wildman–Crippen MR) is 70.7 cm³/mol. The quantitative estimate of drug-likeness (QED) is 0.896. The van der Waals surface area contributed by atoms with Crippen molar-refractivity contribution in [1.29, 1.82) is 0 Å². The van der Waals surface area contributed by atoms with Crippen LogP contribution in [0.25, 0.3) is 0 Å². The summed E-state index contributed by atoms with van der Waals surface area (Å²) in [6.07, 6.45) is 1.59. The van der Waals surface area contributed by atoms with E-state index < -0.39 is 0 Å². The molecule has 1 aromatic heterocycles. The van der Waals surface area contributed by atoms with Gasteiger partial charge in [-0.05, 0) is 41.9 Å². The summed E-state index contributed by atoms with van der Waals surface area (Å²) in [5.74, 6) is 0. The van der Waals surface area contributed by atoms with Gasteiger partial charge in [0.05, 0.1) is 12.3 Å². The molecule has 1 N–H and O–H groups in total. The summed E-state index contributed by atoms with van der Waals surface area (Å²) in [4.78, 5) is 0. The van der Waals surface area contributed by atoms with Crippen LogP contribution < -0.4 is 5.32 Å². The van der Waals surface area contributed by atoms with Gasteiger partial charge in [0.1, 0.15) is 0 Å². The highest BCUT2D eigenvalue weighted by molar-refractivity contribution is 6.30. The van der Waals surface area contributed by atoms with Gasteiger partial charge in [-0.2, -0.15) is 0 Å². The first kappa shape index (κ1) is 12.5. The molecule has 2 rings (SSSR count). The van der Waals surface area contributed by atoms with E-state index in [9.17, 15) is 0 Å². The first-order chi connectivity index (χ1) is 8.22. The molecule has 1 heterocycles. The number of furan rings is 1. The fraction of sp³-hybridized carbons (Fsp3) is 0.231. The van der Waals surface area contributed by atoms with Crippen LogP contribution in [0, 0.1) is 0 Å². The van der Waals surface area contributed by atoms with Gasteiger partial charge in [-0.25, -0.2) is 0 Å². The predicted octanol–water partition coefficient (Wildman–Crippen LogP) is 4.29. The Morgan fingerprint density at radius 1 is 1.29 bits per heavy atom. The van der Waals surface area contributed by atoms with Crippen molar-refractivity contribution in [2.45, 2.75) is 13.0 Å². The van der Waals surface area contributed by atoms with Crippen molar-refractivity contribution in [2.24, 2.45) is 0 Å². The van der Waals surface area contributed by atoms with Crippen molar-refractivity contribution in [3.63, 3.8) is 0 Å². The second-order valence-corrected chi connectivity index (χ2v) is 4.48. The van der Waals surface area contributed by atoms with Crippen LogP contribution in [-0.4, -0.2) is 6.54 Å². The molecule has 0 fully saturated rings. The fourth-order valence-electron chi connectivity index (χ4n) is 1.81. The van der Waals surface area contributed by atoms with Crippen molar-refractivity contribution in [3.8, 4) is 0 Å². The first-order valence-electron chi connectivity index (χ1n) is 5.44. The van der Waals surface area contributed by atoms with E-state index in [4.69, 9.17) is 27.6 Å². The van der Waals surface area contributed by atoms with Crippen molar-refractivity contribution >= 4 is 23.2 Å². The molecule has 0 aliphatic rings. The summed E-state index contributed by atoms with van der Waals surface area (Å²) < 4.78 is 5.14. The lowest BCUT2D eigenvalue weighted by atomic mass is 10.0. The minimum Gasteiger partial charge on any atom is -0.453 e. The highest BCUT2D eigenvalue weighted by Gasteiger charge is 2.18. The maximum Gasteiger partial charge on any atom is 0.198 e. The van der Waals surface area contributed by atoms with E-state index >= 15 is 0 Å². The van der Waals surface area contributed by atoms with Gasteiger partial charge >= 0.3 is 0 Å². The zero-order chi connectivity index (χ0) is 12.3. The van der Waals surface area contributed by atoms with Crippen LogP contribution in [0.15, 0.2) is 41.0 Å². The average molecular weight is 270 g/mol. The topological polar surface area (TPSA) is 25.2 Å². The normalized spacial score (nSPS) is 12.6. The highest BCUT2D eigenvalue weighted by atomic mass is 35.5. The second kappa shape index (κ2) is 5.58. The Morgan fingerprint density at radius 2 is 2.12 bits per heavy atom. The summed E-state index contributed by atoms with van der Waals surface area (Å²) in [7, 11) is 0. The van der Waals surface area contributed by atoms with Crippen molar-refractivity contribution < 1.29 is 4.42 Å². The lowest BCUT2D eigenvalue weighted by Crippen LogP contribution is -2.21. The van der Waals surface area contributed by atoms with Crippen LogP contribution in [0.5, 0.6) is 0 Å². The molecule has 1 atom stereocenters. The maximum absolute atomic E-state index is 6.02. The molecular formula is C13H13Cl2NO. The fourth-order valence-corrected chi connectivity index (χ4v) is 2.23. The third-order valence-electron chi connectivity index (χ3n) is 2.55. The Bertz CT molecular complexity index is 496. The number of hydrogen-bond donors (Lipinski definition) is 1. The standard InChI is InChI=1S/C13H13Cl2NO/c1-2-16-12(11-6-7-17-13(11)15)9-4-3-5-10(14)8-9/h3-8,12,16H,2H2,1H3. The average Bonchev–Trinajstić information content (AvgIpc) is 2.72. The van der Waals surface area contributed by atoms with E-state index in [0.717, 1.165) is 17.7 Å². The largest absolute Gasteiger partial charge is 0.453 e. The molecule has 17 heavy (non-hydrogen) atoms. The second-order valence-electron chi connectivity index (χ2n) is 3.70. The summed E-state index contributed by atoms with van der Waals surface area (Å²) in [5.41, 5.74) is 2.00. The van der Waals surface area contributed by atoms with Crippen LogP contribution in [0.1, 0.15) is 24.1 Å². The first-order valence-corrected chi connectivity index (χ1v) is 6.19. The van der Waals surface area contributed by atoms with E-state index in [1.165, 1.54) is 0 Å². The van der Waals surface area contributed by atoms with Gasteiger partial charge in [0.2, 0.25) is 0 Å². The maximum atomic E-state index is 6.02. The Hall–Kier alpha value is -0.960. The molecule has 0 saturated heterocycles. The van der Waals surface area contributed by atoms with Crippen LogP contribution >= 0.6 is 23.2 Å². The molecule has 4 heteroatoms. The summed E-state index contributed by atoms with van der Waals surface area (Å²) in [6.45, 7) is 2.88. The van der Waals surface area contributed by atoms with E-state index in [1.54, 1.807) is 6.26 Å². The van der Waals surface area contributed by atoms with Crippen LogP contribution in [-0.2, 0) is 0 Å². The van der Waals surface area contributed by atoms with Crippen LogP contribution in [0.3, 0.4) is 0 Å². The molecule has 0 radical (unpaired) electrons. The molecule has 0 saturated carbocycles. The van der Waals surface area contributed by atoms with E-state index in [1.807, 2.05) is 37.3 Å². The Balaban J connectivity index is 2.39. The van der Waals surface area contributed by atoms with Gasteiger partial charge < -0.3 is 9.73 Å². The Labute approximate surface area is 111 Å². The molecule has 1 aromatic carbocycles. The third-order valence-corrected chi connectivity index (χ3v) is 3.09. The molecule has 90 valence electrons. The van der Waals surface area contributed by atoms with Gasteiger partial charge in [0, 0.05) is 10.6 Å². The summed E-state index contributed by atoms with van der Waals surface area (Å²) in [6, 6.07) is 9.60. The van der Waals surface area contributed by atoms with Gasteiger partial charge in [0.25, 0.3) is 0 Å². The minimum absolute atomic E-state index is 0.00458. The summed E-state index contributed by atoms with van der Waals surface area (Å²) in [5, 5.41) is 4.49. The monoisotopic (exact) mass is 269 g/mol. The minimum atomic E-state index is 0.00458. The molecule has 0 aliphatic carbocycles. The molecule has 2 aromatic rings. The zero-order valence-corrected chi connectivity index (χ0v) is 10.9. The number of nitrogens with one attached hydrogen (secondary N) is 1. The Morgan fingerprint density at radius 3 is 2.71 bits per heavy atom. The molecule has 1 unspecified atom stereocenters. The van der Waals surface area contributed by atoms with Gasteiger partial charge in [-0.1, -0.05) is 30.7 Å². The number of rotatable bonds is 4. The lowest BCUT2D eigenvalue weighted by molar-refractivity contribution is 0.555. The third kappa shape index (κ3) is 2.83. The summed E-state index contributed by atoms with van der Waals surface area (Å²) >= 11 is 12.0. The number of hydrogen-bond acceptors (Lipinski definition) is 2. The smallest absolute Gasteiger partial charge is 0.198 e. The van der Waals surface area contributed by atoms with Gasteiger partial charge in [0.15, 0.2) is 5.22 Å². The molecule has 0 spiro atoms. The molecule has 2 nitrogen and oxygen atoms in total.